The summed E-state index contributed by atoms with van der Waals surface area (Å²) < 4.78 is 0. The van der Waals surface area contributed by atoms with Gasteiger partial charge >= 0.3 is 0 Å². The van der Waals surface area contributed by atoms with Gasteiger partial charge in [-0.15, -0.1) is 10.2 Å². The van der Waals surface area contributed by atoms with Gasteiger partial charge in [0.15, 0.2) is 0 Å². The van der Waals surface area contributed by atoms with Crippen molar-refractivity contribution in [2.24, 2.45) is 5.92 Å². The average Bonchev–Trinajstić information content (AvgIpc) is 2.86. The van der Waals surface area contributed by atoms with Crippen LogP contribution >= 0.6 is 11.3 Å². The van der Waals surface area contributed by atoms with Crippen molar-refractivity contribution >= 4 is 22.4 Å². The second-order valence-corrected chi connectivity index (χ2v) is 7.14. The highest BCUT2D eigenvalue weighted by atomic mass is 32.1. The Balaban J connectivity index is 1.86. The Bertz CT molecular complexity index is 659. The summed E-state index contributed by atoms with van der Waals surface area (Å²) in [5.41, 5.74) is 2.27. The number of aromatic nitrogens is 2. The number of rotatable bonds is 4. The molecule has 1 fully saturated rings. The lowest BCUT2D eigenvalue weighted by atomic mass is 9.84. The van der Waals surface area contributed by atoms with Crippen molar-refractivity contribution in [2.75, 3.05) is 4.90 Å². The van der Waals surface area contributed by atoms with Crippen LogP contribution < -0.4 is 4.90 Å². The molecule has 1 aromatic heterocycles. The van der Waals surface area contributed by atoms with Crippen molar-refractivity contribution in [3.8, 4) is 10.6 Å². The number of nitrogens with zero attached hydrogens (tertiary/aromatic N) is 3. The zero-order valence-corrected chi connectivity index (χ0v) is 14.1. The van der Waals surface area contributed by atoms with Gasteiger partial charge in [-0.05, 0) is 33.6 Å². The van der Waals surface area contributed by atoms with Crippen molar-refractivity contribution < 1.29 is 4.79 Å². The first-order valence-electron chi connectivity index (χ1n) is 7.80. The van der Waals surface area contributed by atoms with E-state index in [1.165, 1.54) is 16.9 Å². The summed E-state index contributed by atoms with van der Waals surface area (Å²) >= 11 is 1.49. The van der Waals surface area contributed by atoms with E-state index in [4.69, 9.17) is 0 Å². The fourth-order valence-electron chi connectivity index (χ4n) is 2.55. The predicted molar refractivity (Wildman–Crippen MR) is 90.0 cm³/mol. The van der Waals surface area contributed by atoms with Crippen LogP contribution in [0, 0.1) is 12.8 Å². The number of anilines is 1. The minimum atomic E-state index is 0.104. The van der Waals surface area contributed by atoms with Crippen molar-refractivity contribution in [1.29, 1.82) is 0 Å². The molecule has 0 atom stereocenters. The number of hydrogen-bond donors (Lipinski definition) is 0. The Kier molecular flexibility index (Phi) is 4.25. The lowest BCUT2D eigenvalue weighted by molar-refractivity contribution is -0.125. The Morgan fingerprint density at radius 1 is 1.23 bits per heavy atom. The van der Waals surface area contributed by atoms with Gasteiger partial charge in [-0.2, -0.15) is 0 Å². The van der Waals surface area contributed by atoms with Crippen molar-refractivity contribution in [2.45, 2.75) is 46.1 Å². The van der Waals surface area contributed by atoms with Crippen molar-refractivity contribution in [3.63, 3.8) is 0 Å². The molecule has 1 aromatic carbocycles. The fourth-order valence-corrected chi connectivity index (χ4v) is 3.54. The van der Waals surface area contributed by atoms with E-state index in [0.717, 1.165) is 29.8 Å². The predicted octanol–water partition coefficient (Wildman–Crippen LogP) is 4.06. The van der Waals surface area contributed by atoms with Gasteiger partial charge in [-0.1, -0.05) is 47.6 Å². The van der Waals surface area contributed by atoms with Gasteiger partial charge in [-0.25, -0.2) is 0 Å². The number of aryl methyl sites for hydroxylation is 1. The van der Waals surface area contributed by atoms with Gasteiger partial charge in [0.1, 0.15) is 5.01 Å². The average molecular weight is 315 g/mol. The van der Waals surface area contributed by atoms with Crippen molar-refractivity contribution in [3.05, 3.63) is 29.8 Å². The van der Waals surface area contributed by atoms with Crippen LogP contribution in [0.25, 0.3) is 10.6 Å². The summed E-state index contributed by atoms with van der Waals surface area (Å²) in [4.78, 5) is 14.4. The third-order valence-corrected chi connectivity index (χ3v) is 5.10. The molecule has 0 saturated heterocycles. The fraction of sp³-hybridized carbons (Fsp3) is 0.471. The first kappa shape index (κ1) is 15.2. The molecule has 4 nitrogen and oxygen atoms in total. The molecule has 0 bridgehead atoms. The highest BCUT2D eigenvalue weighted by molar-refractivity contribution is 7.18. The minimum Gasteiger partial charge on any atom is -0.284 e. The summed E-state index contributed by atoms with van der Waals surface area (Å²) in [6.45, 7) is 6.13. The molecule has 1 aliphatic rings. The molecule has 1 amide bonds. The van der Waals surface area contributed by atoms with Gasteiger partial charge in [-0.3, -0.25) is 9.69 Å². The summed E-state index contributed by atoms with van der Waals surface area (Å²) in [6, 6.07) is 8.33. The van der Waals surface area contributed by atoms with E-state index in [1.54, 1.807) is 0 Å². The quantitative estimate of drug-likeness (QED) is 0.855. The molecule has 1 saturated carbocycles. The zero-order valence-electron chi connectivity index (χ0n) is 13.2. The Hall–Kier alpha value is -1.75. The normalized spacial score (nSPS) is 14.9. The molecule has 0 spiro atoms. The van der Waals surface area contributed by atoms with Gasteiger partial charge in [0, 0.05) is 17.5 Å². The van der Waals surface area contributed by atoms with E-state index in [9.17, 15) is 4.79 Å². The SMILES string of the molecule is Cc1ccc(-c2nnc(N(C(=O)C3CCC3)C(C)C)s2)cc1. The lowest BCUT2D eigenvalue weighted by Crippen LogP contribution is -2.43. The van der Waals surface area contributed by atoms with Crippen LogP contribution in [0.3, 0.4) is 0 Å². The standard InChI is InChI=1S/C17H21N3OS/c1-11(2)20(16(21)14-5-4-6-14)17-19-18-15(22-17)13-9-7-12(3)8-10-13/h7-11,14H,4-6H2,1-3H3. The number of carbonyl (C=O) groups excluding carboxylic acids is 1. The van der Waals surface area contributed by atoms with E-state index in [1.807, 2.05) is 30.9 Å². The van der Waals surface area contributed by atoms with Crippen LogP contribution in [0.5, 0.6) is 0 Å². The third kappa shape index (κ3) is 2.90. The molecule has 1 heterocycles. The molecule has 116 valence electrons. The highest BCUT2D eigenvalue weighted by Crippen LogP contribution is 2.34. The molecule has 0 aliphatic heterocycles. The maximum atomic E-state index is 12.6. The first-order chi connectivity index (χ1) is 10.6. The number of amides is 1. The van der Waals surface area contributed by atoms with E-state index >= 15 is 0 Å². The van der Waals surface area contributed by atoms with Gasteiger partial charge in [0.25, 0.3) is 0 Å². The van der Waals surface area contributed by atoms with E-state index in [2.05, 4.69) is 29.3 Å². The number of carbonyl (C=O) groups is 1. The molecule has 0 unspecified atom stereocenters. The smallest absolute Gasteiger partial charge is 0.232 e. The number of benzene rings is 1. The summed E-state index contributed by atoms with van der Waals surface area (Å²) in [5.74, 6) is 0.377. The van der Waals surface area contributed by atoms with Gasteiger partial charge in [0.2, 0.25) is 11.0 Å². The Morgan fingerprint density at radius 3 is 2.45 bits per heavy atom. The van der Waals surface area contributed by atoms with Crippen molar-refractivity contribution in [1.82, 2.24) is 10.2 Å². The van der Waals surface area contributed by atoms with Crippen LogP contribution in [0.15, 0.2) is 24.3 Å². The van der Waals surface area contributed by atoms with E-state index in [0.29, 0.717) is 5.13 Å². The second kappa shape index (κ2) is 6.16. The molecule has 22 heavy (non-hydrogen) atoms. The monoisotopic (exact) mass is 315 g/mol. The first-order valence-corrected chi connectivity index (χ1v) is 8.61. The van der Waals surface area contributed by atoms with Crippen LogP contribution in [-0.4, -0.2) is 22.1 Å². The molecule has 3 rings (SSSR count). The lowest BCUT2D eigenvalue weighted by Gasteiger charge is -2.32. The molecule has 2 aromatic rings. The van der Waals surface area contributed by atoms with Crippen LogP contribution in [0.1, 0.15) is 38.7 Å². The molecular formula is C17H21N3OS. The molecule has 1 aliphatic carbocycles. The van der Waals surface area contributed by atoms with E-state index in [-0.39, 0.29) is 17.9 Å². The zero-order chi connectivity index (χ0) is 15.7. The minimum absolute atomic E-state index is 0.104. The van der Waals surface area contributed by atoms with Crippen LogP contribution in [0.4, 0.5) is 5.13 Å². The summed E-state index contributed by atoms with van der Waals surface area (Å²) in [5, 5.41) is 10.1. The molecular weight excluding hydrogens is 294 g/mol. The summed E-state index contributed by atoms with van der Waals surface area (Å²) in [7, 11) is 0. The van der Waals surface area contributed by atoms with Crippen LogP contribution in [0.2, 0.25) is 0 Å². The van der Waals surface area contributed by atoms with E-state index < -0.39 is 0 Å². The molecule has 0 radical (unpaired) electrons. The topological polar surface area (TPSA) is 46.1 Å². The second-order valence-electron chi connectivity index (χ2n) is 6.19. The highest BCUT2D eigenvalue weighted by Gasteiger charge is 2.33. The molecule has 5 heteroatoms. The molecule has 0 N–H and O–H groups in total. The summed E-state index contributed by atoms with van der Waals surface area (Å²) in [6.07, 6.45) is 3.17. The largest absolute Gasteiger partial charge is 0.284 e. The van der Waals surface area contributed by atoms with Gasteiger partial charge < -0.3 is 0 Å². The van der Waals surface area contributed by atoms with Gasteiger partial charge in [0.05, 0.1) is 0 Å². The maximum Gasteiger partial charge on any atom is 0.232 e. The Labute approximate surface area is 135 Å². The van der Waals surface area contributed by atoms with Crippen LogP contribution in [-0.2, 0) is 4.79 Å². The number of hydrogen-bond acceptors (Lipinski definition) is 4. The Morgan fingerprint density at radius 2 is 1.91 bits per heavy atom. The maximum absolute atomic E-state index is 12.6. The third-order valence-electron chi connectivity index (χ3n) is 4.13.